The van der Waals surface area contributed by atoms with E-state index in [1.165, 1.54) is 4.90 Å². The number of hydrogen-bond acceptors (Lipinski definition) is 4. The molecule has 3 N–H and O–H groups in total. The second-order valence-corrected chi connectivity index (χ2v) is 5.82. The number of hydrogen-bond donors (Lipinski definition) is 2. The quantitative estimate of drug-likeness (QED) is 0.745. The summed E-state index contributed by atoms with van der Waals surface area (Å²) in [6.45, 7) is 1.16. The van der Waals surface area contributed by atoms with E-state index in [0.717, 1.165) is 11.3 Å². The number of benzene rings is 1. The van der Waals surface area contributed by atoms with Gasteiger partial charge in [0.15, 0.2) is 0 Å². The number of rotatable bonds is 5. The second kappa shape index (κ2) is 8.33. The fraction of sp³-hybridized carbons (Fsp3) is 0.471. The van der Waals surface area contributed by atoms with Gasteiger partial charge >= 0.3 is 11.8 Å². The topological polar surface area (TPSA) is 102 Å². The average Bonchev–Trinajstić information content (AvgIpc) is 2.61. The van der Waals surface area contributed by atoms with E-state index in [1.807, 2.05) is 24.3 Å². The number of amides is 3. The molecule has 0 saturated carbocycles. The predicted octanol–water partition coefficient (Wildman–Crippen LogP) is 0.0778. The lowest BCUT2D eigenvalue weighted by Gasteiger charge is -2.29. The highest BCUT2D eigenvalue weighted by Crippen LogP contribution is 2.16. The van der Waals surface area contributed by atoms with Gasteiger partial charge in [-0.2, -0.15) is 0 Å². The summed E-state index contributed by atoms with van der Waals surface area (Å²) in [4.78, 5) is 36.6. The number of primary amides is 1. The van der Waals surface area contributed by atoms with Crippen LogP contribution in [0.1, 0.15) is 18.4 Å². The van der Waals surface area contributed by atoms with Crippen molar-refractivity contribution >= 4 is 17.7 Å². The molecule has 1 aliphatic rings. The molecule has 1 saturated heterocycles. The van der Waals surface area contributed by atoms with Gasteiger partial charge in [-0.15, -0.1) is 0 Å². The van der Waals surface area contributed by atoms with Gasteiger partial charge < -0.3 is 20.7 Å². The molecule has 1 aromatic rings. The number of likely N-dealkylation sites (tertiary alicyclic amines) is 1. The first kappa shape index (κ1) is 17.8. The lowest BCUT2D eigenvalue weighted by molar-refractivity contribution is -0.147. The third-order valence-corrected chi connectivity index (χ3v) is 4.24. The third kappa shape index (κ3) is 4.71. The normalized spacial score (nSPS) is 15.0. The highest BCUT2D eigenvalue weighted by atomic mass is 16.5. The molecular formula is C17H23N3O4. The Hall–Kier alpha value is -2.57. The summed E-state index contributed by atoms with van der Waals surface area (Å²) in [6.07, 6.45) is 1.66. The van der Waals surface area contributed by atoms with Crippen LogP contribution in [0.2, 0.25) is 0 Å². The molecule has 130 valence electrons. The van der Waals surface area contributed by atoms with Crippen molar-refractivity contribution in [3.8, 4) is 5.75 Å². The first-order valence-corrected chi connectivity index (χ1v) is 8.00. The van der Waals surface area contributed by atoms with Gasteiger partial charge in [-0.3, -0.25) is 14.4 Å². The SMILES string of the molecule is COc1ccc(CCNC(=O)C(=O)N2CCC(C(N)=O)CC2)cc1. The van der Waals surface area contributed by atoms with Gasteiger partial charge in [0, 0.05) is 25.6 Å². The van der Waals surface area contributed by atoms with E-state index >= 15 is 0 Å². The van der Waals surface area contributed by atoms with Crippen molar-refractivity contribution in [1.82, 2.24) is 10.2 Å². The highest BCUT2D eigenvalue weighted by Gasteiger charge is 2.28. The Bertz CT molecular complexity index is 592. The number of carbonyl (C=O) groups excluding carboxylic acids is 3. The zero-order valence-corrected chi connectivity index (χ0v) is 13.8. The van der Waals surface area contributed by atoms with Crippen LogP contribution >= 0.6 is 0 Å². The van der Waals surface area contributed by atoms with Crippen molar-refractivity contribution < 1.29 is 19.1 Å². The number of piperidine rings is 1. The summed E-state index contributed by atoms with van der Waals surface area (Å²) in [5.74, 6) is -0.927. The minimum Gasteiger partial charge on any atom is -0.497 e. The van der Waals surface area contributed by atoms with E-state index in [4.69, 9.17) is 10.5 Å². The molecule has 7 nitrogen and oxygen atoms in total. The molecule has 0 unspecified atom stereocenters. The maximum absolute atomic E-state index is 12.1. The summed E-state index contributed by atoms with van der Waals surface area (Å²) >= 11 is 0. The number of nitrogens with two attached hydrogens (primary N) is 1. The Labute approximate surface area is 141 Å². The Kier molecular flexibility index (Phi) is 6.17. The van der Waals surface area contributed by atoms with Crippen molar-refractivity contribution in [3.05, 3.63) is 29.8 Å². The fourth-order valence-corrected chi connectivity index (χ4v) is 2.70. The Balaban J connectivity index is 1.73. The van der Waals surface area contributed by atoms with E-state index < -0.39 is 11.8 Å². The first-order valence-electron chi connectivity index (χ1n) is 8.00. The standard InChI is InChI=1S/C17H23N3O4/c1-24-14-4-2-12(3-5-14)6-9-19-16(22)17(23)20-10-7-13(8-11-20)15(18)21/h2-5,13H,6-11H2,1H3,(H2,18,21)(H,19,22). The van der Waals surface area contributed by atoms with Crippen LogP contribution in [0.4, 0.5) is 0 Å². The summed E-state index contributed by atoms with van der Waals surface area (Å²) in [7, 11) is 1.60. The minimum atomic E-state index is -0.610. The molecule has 1 heterocycles. The molecule has 1 aromatic carbocycles. The van der Waals surface area contributed by atoms with E-state index in [2.05, 4.69) is 5.32 Å². The fourth-order valence-electron chi connectivity index (χ4n) is 2.70. The molecule has 0 aromatic heterocycles. The molecule has 0 spiro atoms. The monoisotopic (exact) mass is 333 g/mol. The summed E-state index contributed by atoms with van der Waals surface area (Å²) in [6, 6.07) is 7.54. The van der Waals surface area contributed by atoms with Crippen LogP contribution in [0.5, 0.6) is 5.75 Å². The van der Waals surface area contributed by atoms with Gasteiger partial charge in [-0.1, -0.05) is 12.1 Å². The molecule has 1 fully saturated rings. The molecule has 0 atom stereocenters. The second-order valence-electron chi connectivity index (χ2n) is 5.82. The van der Waals surface area contributed by atoms with Gasteiger partial charge in [0.2, 0.25) is 5.91 Å². The number of ether oxygens (including phenoxy) is 1. The van der Waals surface area contributed by atoms with E-state index in [9.17, 15) is 14.4 Å². The Morgan fingerprint density at radius 2 is 1.83 bits per heavy atom. The smallest absolute Gasteiger partial charge is 0.311 e. The maximum Gasteiger partial charge on any atom is 0.311 e. The first-order chi connectivity index (χ1) is 11.5. The zero-order valence-electron chi connectivity index (χ0n) is 13.8. The van der Waals surface area contributed by atoms with Crippen LogP contribution in [0.15, 0.2) is 24.3 Å². The molecule has 1 aliphatic heterocycles. The number of methoxy groups -OCH3 is 1. The van der Waals surface area contributed by atoms with Crippen molar-refractivity contribution in [1.29, 1.82) is 0 Å². The molecule has 0 aliphatic carbocycles. The van der Waals surface area contributed by atoms with E-state index in [0.29, 0.717) is 38.9 Å². The minimum absolute atomic E-state index is 0.202. The number of nitrogens with zero attached hydrogens (tertiary/aromatic N) is 1. The van der Waals surface area contributed by atoms with Crippen molar-refractivity contribution in [3.63, 3.8) is 0 Å². The van der Waals surface area contributed by atoms with Gasteiger partial charge in [0.25, 0.3) is 0 Å². The molecule has 3 amide bonds. The average molecular weight is 333 g/mol. The summed E-state index contributed by atoms with van der Waals surface area (Å²) in [5.41, 5.74) is 6.31. The van der Waals surface area contributed by atoms with Crippen LogP contribution in [0.25, 0.3) is 0 Å². The molecule has 7 heteroatoms. The highest BCUT2D eigenvalue weighted by molar-refractivity contribution is 6.35. The van der Waals surface area contributed by atoms with E-state index in [-0.39, 0.29) is 11.8 Å². The zero-order chi connectivity index (χ0) is 17.5. The summed E-state index contributed by atoms with van der Waals surface area (Å²) in [5, 5.41) is 2.64. The Morgan fingerprint density at radius 1 is 1.21 bits per heavy atom. The maximum atomic E-state index is 12.1. The number of nitrogens with one attached hydrogen (secondary N) is 1. The molecule has 24 heavy (non-hydrogen) atoms. The van der Waals surface area contributed by atoms with E-state index in [1.54, 1.807) is 7.11 Å². The van der Waals surface area contributed by atoms with Crippen molar-refractivity contribution in [2.75, 3.05) is 26.7 Å². The predicted molar refractivity (Wildman–Crippen MR) is 88.2 cm³/mol. The molecular weight excluding hydrogens is 310 g/mol. The largest absolute Gasteiger partial charge is 0.497 e. The van der Waals surface area contributed by atoms with Crippen molar-refractivity contribution in [2.45, 2.75) is 19.3 Å². The summed E-state index contributed by atoms with van der Waals surface area (Å²) < 4.78 is 5.08. The van der Waals surface area contributed by atoms with Crippen molar-refractivity contribution in [2.24, 2.45) is 11.7 Å². The van der Waals surface area contributed by atoms with Gasteiger partial charge in [-0.25, -0.2) is 0 Å². The lowest BCUT2D eigenvalue weighted by Crippen LogP contribution is -2.48. The molecule has 0 radical (unpaired) electrons. The van der Waals surface area contributed by atoms with Gasteiger partial charge in [0.1, 0.15) is 5.75 Å². The number of carbonyl (C=O) groups is 3. The Morgan fingerprint density at radius 3 is 2.38 bits per heavy atom. The third-order valence-electron chi connectivity index (χ3n) is 4.24. The van der Waals surface area contributed by atoms with Crippen LogP contribution in [-0.2, 0) is 20.8 Å². The molecule has 0 bridgehead atoms. The van der Waals surface area contributed by atoms with Gasteiger partial charge in [-0.05, 0) is 37.0 Å². The van der Waals surface area contributed by atoms with Crippen LogP contribution in [-0.4, -0.2) is 49.4 Å². The van der Waals surface area contributed by atoms with Crippen LogP contribution in [0.3, 0.4) is 0 Å². The lowest BCUT2D eigenvalue weighted by atomic mass is 9.96. The van der Waals surface area contributed by atoms with Crippen LogP contribution < -0.4 is 15.8 Å². The van der Waals surface area contributed by atoms with Crippen LogP contribution in [0, 0.1) is 5.92 Å². The van der Waals surface area contributed by atoms with Gasteiger partial charge in [0.05, 0.1) is 7.11 Å². The molecule has 2 rings (SSSR count).